The second-order valence-corrected chi connectivity index (χ2v) is 8.19. The molecule has 1 saturated carbocycles. The van der Waals surface area contributed by atoms with Gasteiger partial charge in [0.2, 0.25) is 5.91 Å². The van der Waals surface area contributed by atoms with Gasteiger partial charge in [-0.25, -0.2) is 14.6 Å². The van der Waals surface area contributed by atoms with Gasteiger partial charge in [0, 0.05) is 23.8 Å². The van der Waals surface area contributed by atoms with E-state index in [9.17, 15) is 9.59 Å². The number of hydrogen-bond acceptors (Lipinski definition) is 6. The highest BCUT2D eigenvalue weighted by molar-refractivity contribution is 7.99. The number of carbonyl (C=O) groups excluding carboxylic acids is 2. The van der Waals surface area contributed by atoms with Gasteiger partial charge in [0.25, 0.3) is 5.91 Å². The van der Waals surface area contributed by atoms with Crippen molar-refractivity contribution in [1.29, 1.82) is 0 Å². The van der Waals surface area contributed by atoms with Crippen LogP contribution in [-0.4, -0.2) is 48.9 Å². The molecular weight excluding hydrogens is 352 g/mol. The van der Waals surface area contributed by atoms with Crippen LogP contribution in [0.5, 0.6) is 0 Å². The third kappa shape index (κ3) is 5.29. The van der Waals surface area contributed by atoms with Crippen molar-refractivity contribution in [3.8, 4) is 5.82 Å². The highest BCUT2D eigenvalue weighted by Crippen LogP contribution is 2.20. The molecule has 0 spiro atoms. The zero-order valence-electron chi connectivity index (χ0n) is 15.0. The molecule has 3 rings (SSSR count). The molecule has 8 nitrogen and oxygen atoms in total. The van der Waals surface area contributed by atoms with Gasteiger partial charge in [0.15, 0.2) is 11.5 Å². The van der Waals surface area contributed by atoms with Crippen LogP contribution in [0.4, 0.5) is 0 Å². The fourth-order valence-corrected chi connectivity index (χ4v) is 2.85. The molecule has 0 aromatic carbocycles. The van der Waals surface area contributed by atoms with E-state index < -0.39 is 0 Å². The third-order valence-electron chi connectivity index (χ3n) is 3.46. The minimum absolute atomic E-state index is 0.0548. The molecule has 2 amide bonds. The Hall–Kier alpha value is -2.42. The Morgan fingerprint density at radius 2 is 2.08 bits per heavy atom. The Balaban J connectivity index is 1.62. The Labute approximate surface area is 156 Å². The molecule has 1 aliphatic carbocycles. The van der Waals surface area contributed by atoms with Crippen molar-refractivity contribution in [1.82, 2.24) is 30.4 Å². The summed E-state index contributed by atoms with van der Waals surface area (Å²) >= 11 is 1.32. The van der Waals surface area contributed by atoms with Gasteiger partial charge in [0.05, 0.1) is 5.75 Å². The molecule has 0 saturated heterocycles. The zero-order chi connectivity index (χ0) is 18.7. The summed E-state index contributed by atoms with van der Waals surface area (Å²) in [4.78, 5) is 32.3. The normalized spacial score (nSPS) is 14.1. The predicted octanol–water partition coefficient (Wildman–Crippen LogP) is 1.56. The van der Waals surface area contributed by atoms with Crippen LogP contribution in [0.1, 0.15) is 44.1 Å². The van der Waals surface area contributed by atoms with Gasteiger partial charge in [-0.15, -0.1) is 0 Å². The van der Waals surface area contributed by atoms with Crippen LogP contribution in [0.3, 0.4) is 0 Å². The number of hydrogen-bond donors (Lipinski definition) is 2. The first-order valence-electron chi connectivity index (χ1n) is 8.43. The second kappa shape index (κ2) is 7.45. The first kappa shape index (κ1) is 18.4. The first-order valence-corrected chi connectivity index (χ1v) is 9.41. The summed E-state index contributed by atoms with van der Waals surface area (Å²) in [5.41, 5.74) is 0.0929. The SMILES string of the molecule is CC(C)(C)NC(=O)CSc1cc(-n2ccc(C(=O)NC3CC3)n2)ncn1. The Morgan fingerprint density at radius 3 is 2.77 bits per heavy atom. The maximum Gasteiger partial charge on any atom is 0.272 e. The van der Waals surface area contributed by atoms with Gasteiger partial charge < -0.3 is 10.6 Å². The molecule has 138 valence electrons. The Morgan fingerprint density at radius 1 is 1.31 bits per heavy atom. The van der Waals surface area contributed by atoms with E-state index in [1.165, 1.54) is 22.8 Å². The molecule has 0 aliphatic heterocycles. The summed E-state index contributed by atoms with van der Waals surface area (Å²) in [6, 6.07) is 3.68. The van der Waals surface area contributed by atoms with E-state index in [-0.39, 0.29) is 29.1 Å². The fraction of sp³-hybridized carbons (Fsp3) is 0.471. The molecule has 0 radical (unpaired) electrons. The lowest BCUT2D eigenvalue weighted by Crippen LogP contribution is -2.41. The van der Waals surface area contributed by atoms with Crippen molar-refractivity contribution in [2.75, 3.05) is 5.75 Å². The molecule has 2 heterocycles. The maximum atomic E-state index is 12.0. The van der Waals surface area contributed by atoms with Gasteiger partial charge in [-0.2, -0.15) is 5.10 Å². The minimum atomic E-state index is -0.263. The van der Waals surface area contributed by atoms with Crippen LogP contribution < -0.4 is 10.6 Å². The largest absolute Gasteiger partial charge is 0.351 e. The van der Waals surface area contributed by atoms with Crippen molar-refractivity contribution in [2.45, 2.75) is 50.2 Å². The van der Waals surface area contributed by atoms with Crippen molar-refractivity contribution < 1.29 is 9.59 Å². The summed E-state index contributed by atoms with van der Waals surface area (Å²) in [6.07, 6.45) is 5.17. The molecule has 2 aromatic heterocycles. The second-order valence-electron chi connectivity index (χ2n) is 7.19. The molecule has 0 unspecified atom stereocenters. The topological polar surface area (TPSA) is 102 Å². The Kier molecular flexibility index (Phi) is 5.26. The molecule has 9 heteroatoms. The predicted molar refractivity (Wildman–Crippen MR) is 98.3 cm³/mol. The summed E-state index contributed by atoms with van der Waals surface area (Å²) in [5, 5.41) is 10.7. The number of nitrogens with one attached hydrogen (secondary N) is 2. The standard InChI is InChI=1S/C17H22N6O2S/c1-17(2,3)21-14(24)9-26-15-8-13(18-10-19-15)23-7-6-12(22-23)16(25)20-11-4-5-11/h6-8,10-11H,4-5,9H2,1-3H3,(H,20,25)(H,21,24). The number of amides is 2. The summed E-state index contributed by atoms with van der Waals surface area (Å²) in [5.74, 6) is 0.584. The lowest BCUT2D eigenvalue weighted by molar-refractivity contribution is -0.119. The third-order valence-corrected chi connectivity index (χ3v) is 4.39. The highest BCUT2D eigenvalue weighted by atomic mass is 32.2. The molecule has 1 fully saturated rings. The van der Waals surface area contributed by atoms with Crippen LogP contribution in [0.25, 0.3) is 5.82 Å². The zero-order valence-corrected chi connectivity index (χ0v) is 15.8. The van der Waals surface area contributed by atoms with Crippen LogP contribution in [0.2, 0.25) is 0 Å². The van der Waals surface area contributed by atoms with Gasteiger partial charge in [-0.05, 0) is 39.7 Å². The maximum absolute atomic E-state index is 12.0. The number of nitrogens with zero attached hydrogens (tertiary/aromatic N) is 4. The van der Waals surface area contributed by atoms with Gasteiger partial charge >= 0.3 is 0 Å². The van der Waals surface area contributed by atoms with Gasteiger partial charge in [-0.1, -0.05) is 11.8 Å². The van der Waals surface area contributed by atoms with Crippen molar-refractivity contribution in [2.24, 2.45) is 0 Å². The quantitative estimate of drug-likeness (QED) is 0.588. The summed E-state index contributed by atoms with van der Waals surface area (Å²) in [6.45, 7) is 5.81. The van der Waals surface area contributed by atoms with Gasteiger partial charge in [0.1, 0.15) is 11.4 Å². The molecule has 26 heavy (non-hydrogen) atoms. The minimum Gasteiger partial charge on any atom is -0.351 e. The van der Waals surface area contributed by atoms with Crippen LogP contribution in [-0.2, 0) is 4.79 Å². The van der Waals surface area contributed by atoms with E-state index in [1.54, 1.807) is 18.3 Å². The lowest BCUT2D eigenvalue weighted by atomic mass is 10.1. The number of aromatic nitrogens is 4. The van der Waals surface area contributed by atoms with Gasteiger partial charge in [-0.3, -0.25) is 9.59 Å². The van der Waals surface area contributed by atoms with Crippen molar-refractivity contribution in [3.05, 3.63) is 30.4 Å². The summed E-state index contributed by atoms with van der Waals surface area (Å²) < 4.78 is 1.53. The molecule has 0 bridgehead atoms. The number of rotatable bonds is 6. The highest BCUT2D eigenvalue weighted by Gasteiger charge is 2.24. The average Bonchev–Trinajstić information content (AvgIpc) is 3.23. The average molecular weight is 374 g/mol. The van der Waals surface area contributed by atoms with Crippen molar-refractivity contribution >= 4 is 23.6 Å². The van der Waals surface area contributed by atoms with Crippen LogP contribution in [0.15, 0.2) is 29.7 Å². The monoisotopic (exact) mass is 374 g/mol. The fourth-order valence-electron chi connectivity index (χ4n) is 2.19. The van der Waals surface area contributed by atoms with Crippen molar-refractivity contribution in [3.63, 3.8) is 0 Å². The smallest absolute Gasteiger partial charge is 0.272 e. The van der Waals surface area contributed by atoms with E-state index in [0.29, 0.717) is 16.5 Å². The summed E-state index contributed by atoms with van der Waals surface area (Å²) in [7, 11) is 0. The molecule has 1 aliphatic rings. The molecule has 2 aromatic rings. The van der Waals surface area contributed by atoms with E-state index in [2.05, 4.69) is 25.7 Å². The Bertz CT molecular complexity index is 810. The van der Waals surface area contributed by atoms with Crippen LogP contribution in [0, 0.1) is 0 Å². The van der Waals surface area contributed by atoms with Crippen LogP contribution >= 0.6 is 11.8 Å². The van der Waals surface area contributed by atoms with E-state index in [1.807, 2.05) is 20.8 Å². The molecular formula is C17H22N6O2S. The lowest BCUT2D eigenvalue weighted by Gasteiger charge is -2.20. The van der Waals surface area contributed by atoms with E-state index >= 15 is 0 Å². The van der Waals surface area contributed by atoms with E-state index in [4.69, 9.17) is 0 Å². The first-order chi connectivity index (χ1) is 12.3. The molecule has 0 atom stereocenters. The van der Waals surface area contributed by atoms with E-state index in [0.717, 1.165) is 12.8 Å². The number of carbonyl (C=O) groups is 2. The number of thioether (sulfide) groups is 1. The molecule has 2 N–H and O–H groups in total.